The second kappa shape index (κ2) is 4.58. The maximum atomic E-state index is 6.60. The summed E-state index contributed by atoms with van der Waals surface area (Å²) in [7, 11) is -0.745. The van der Waals surface area contributed by atoms with Crippen LogP contribution >= 0.6 is 0 Å². The van der Waals surface area contributed by atoms with Crippen molar-refractivity contribution < 1.29 is 18.6 Å². The molecule has 8 fully saturated rings. The molecule has 26 heavy (non-hydrogen) atoms. The first-order valence-electron chi connectivity index (χ1n) is 10.7. The molecule has 8 atom stereocenters. The first kappa shape index (κ1) is 16.9. The Bertz CT molecular complexity index is 612. The Balaban J connectivity index is 1.24. The first-order valence-corrected chi connectivity index (χ1v) is 10.7. The Labute approximate surface area is 158 Å². The molecule has 4 nitrogen and oxygen atoms in total. The molecule has 2 unspecified atom stereocenters. The second-order valence-corrected chi connectivity index (χ2v) is 11.7. The minimum absolute atomic E-state index is 0.189. The molecule has 2 saturated heterocycles. The summed E-state index contributed by atoms with van der Waals surface area (Å²) in [5, 5.41) is 0. The molecule has 6 saturated carbocycles. The zero-order chi connectivity index (χ0) is 18.3. The number of hydrogen-bond acceptors (Lipinski definition) is 4. The van der Waals surface area contributed by atoms with Crippen molar-refractivity contribution in [3.8, 4) is 0 Å². The van der Waals surface area contributed by atoms with Crippen LogP contribution in [0.5, 0.6) is 0 Å². The van der Waals surface area contributed by atoms with Crippen LogP contribution in [0.25, 0.3) is 0 Å². The summed E-state index contributed by atoms with van der Waals surface area (Å²) < 4.78 is 26.1. The van der Waals surface area contributed by atoms with Crippen LogP contribution in [-0.4, -0.2) is 37.4 Å². The van der Waals surface area contributed by atoms with E-state index < -0.39 is 0 Å². The van der Waals surface area contributed by atoms with Crippen LogP contribution in [0.15, 0.2) is 0 Å². The van der Waals surface area contributed by atoms with E-state index in [1.54, 1.807) is 0 Å². The fourth-order valence-electron chi connectivity index (χ4n) is 8.03. The largest absolute Gasteiger partial charge is 0.488 e. The van der Waals surface area contributed by atoms with Gasteiger partial charge < -0.3 is 18.6 Å². The zero-order valence-corrected chi connectivity index (χ0v) is 17.1. The molecular formula is C20H32B2O4. The van der Waals surface area contributed by atoms with Crippen LogP contribution in [0.1, 0.15) is 67.2 Å². The lowest BCUT2D eigenvalue weighted by Crippen LogP contribution is -2.65. The Kier molecular flexibility index (Phi) is 2.97. The lowest BCUT2D eigenvalue weighted by Gasteiger charge is -2.64. The molecule has 4 bridgehead atoms. The van der Waals surface area contributed by atoms with E-state index in [4.69, 9.17) is 18.6 Å². The molecule has 6 heteroatoms. The van der Waals surface area contributed by atoms with Crippen LogP contribution in [0.2, 0.25) is 0 Å². The summed E-state index contributed by atoms with van der Waals surface area (Å²) >= 11 is 0. The maximum Gasteiger partial charge on any atom is 0.488 e. The van der Waals surface area contributed by atoms with Crippen molar-refractivity contribution in [3.63, 3.8) is 0 Å². The van der Waals surface area contributed by atoms with Crippen molar-refractivity contribution in [2.45, 2.75) is 90.6 Å². The molecular weight excluding hydrogens is 326 g/mol. The summed E-state index contributed by atoms with van der Waals surface area (Å²) in [5.41, 5.74) is 0.357. The standard InChI is InChI=1S/C20H32B2O4/c1-17(2)11-7-13(17)19(5)15(9-11)23-21(25-19)22-24-16-10-12-8-14(18(12,3)4)20(16,6)26-22/h11-16H,7-10H2,1-6H3/t11-,12-,13?,14?,15+,16+,19-,20-/m0/s1. The zero-order valence-electron chi connectivity index (χ0n) is 17.1. The maximum absolute atomic E-state index is 6.60. The molecule has 0 amide bonds. The van der Waals surface area contributed by atoms with E-state index in [1.807, 2.05) is 0 Å². The van der Waals surface area contributed by atoms with E-state index in [-0.39, 0.29) is 37.4 Å². The topological polar surface area (TPSA) is 36.9 Å². The summed E-state index contributed by atoms with van der Waals surface area (Å²) in [6.07, 6.45) is 5.17. The van der Waals surface area contributed by atoms with Gasteiger partial charge in [0, 0.05) is 0 Å². The number of hydrogen-bond donors (Lipinski definition) is 0. The predicted molar refractivity (Wildman–Crippen MR) is 100 cm³/mol. The molecule has 0 spiro atoms. The van der Waals surface area contributed by atoms with Gasteiger partial charge in [0.15, 0.2) is 0 Å². The van der Waals surface area contributed by atoms with Crippen LogP contribution < -0.4 is 0 Å². The van der Waals surface area contributed by atoms with E-state index >= 15 is 0 Å². The molecule has 0 aromatic rings. The van der Waals surface area contributed by atoms with Crippen LogP contribution in [0.4, 0.5) is 0 Å². The lowest BCUT2D eigenvalue weighted by atomic mass is 9.43. The minimum Gasteiger partial charge on any atom is -0.407 e. The van der Waals surface area contributed by atoms with Crippen LogP contribution in [0, 0.1) is 34.5 Å². The van der Waals surface area contributed by atoms with Crippen molar-refractivity contribution in [1.82, 2.24) is 0 Å². The second-order valence-electron chi connectivity index (χ2n) is 11.7. The lowest BCUT2D eigenvalue weighted by molar-refractivity contribution is -0.200. The highest BCUT2D eigenvalue weighted by atomic mass is 16.7. The van der Waals surface area contributed by atoms with Gasteiger partial charge in [-0.1, -0.05) is 27.7 Å². The molecule has 2 heterocycles. The first-order chi connectivity index (χ1) is 12.1. The average molecular weight is 358 g/mol. The van der Waals surface area contributed by atoms with Gasteiger partial charge in [0.05, 0.1) is 23.4 Å². The minimum atomic E-state index is -0.372. The van der Waals surface area contributed by atoms with Crippen molar-refractivity contribution in [1.29, 1.82) is 0 Å². The highest BCUT2D eigenvalue weighted by Gasteiger charge is 2.73. The highest BCUT2D eigenvalue weighted by molar-refractivity contribution is 7.11. The molecule has 0 N–H and O–H groups in total. The normalized spacial score (nSPS) is 57.9. The van der Waals surface area contributed by atoms with E-state index in [1.165, 1.54) is 12.8 Å². The number of rotatable bonds is 1. The monoisotopic (exact) mass is 358 g/mol. The Morgan fingerprint density at radius 1 is 0.615 bits per heavy atom. The van der Waals surface area contributed by atoms with E-state index in [0.717, 1.165) is 24.7 Å². The predicted octanol–water partition coefficient (Wildman–Crippen LogP) is 3.52. The van der Waals surface area contributed by atoms with Gasteiger partial charge in [-0.3, -0.25) is 0 Å². The molecule has 142 valence electrons. The fraction of sp³-hybridized carbons (Fsp3) is 1.00. The SMILES string of the molecule is CC1(C)C2C[C@H]1C[C@H]1OB(B3O[C@@H]4C[C@@H]5CC(C5(C)C)[C@]4(C)O3)O[C@@]21C. The highest BCUT2D eigenvalue weighted by Crippen LogP contribution is 2.67. The Morgan fingerprint density at radius 2 is 1.00 bits per heavy atom. The summed E-state index contributed by atoms with van der Waals surface area (Å²) in [6, 6.07) is 0. The quantitative estimate of drug-likeness (QED) is 0.673. The smallest absolute Gasteiger partial charge is 0.407 e. The van der Waals surface area contributed by atoms with Crippen LogP contribution in [0.3, 0.4) is 0 Å². The van der Waals surface area contributed by atoms with E-state index in [0.29, 0.717) is 22.7 Å². The van der Waals surface area contributed by atoms with E-state index in [9.17, 15) is 0 Å². The molecule has 8 rings (SSSR count). The third-order valence-corrected chi connectivity index (χ3v) is 10.2. The average Bonchev–Trinajstić information content (AvgIpc) is 3.09. The molecule has 0 radical (unpaired) electrons. The van der Waals surface area contributed by atoms with Crippen molar-refractivity contribution >= 4 is 14.0 Å². The van der Waals surface area contributed by atoms with Gasteiger partial charge in [0.2, 0.25) is 0 Å². The summed E-state index contributed by atoms with van der Waals surface area (Å²) in [6.45, 7) is 14.1. The third-order valence-electron chi connectivity index (χ3n) is 10.2. The molecule has 8 aliphatic rings. The van der Waals surface area contributed by atoms with Crippen molar-refractivity contribution in [3.05, 3.63) is 0 Å². The van der Waals surface area contributed by atoms with Gasteiger partial charge >= 0.3 is 14.0 Å². The van der Waals surface area contributed by atoms with Gasteiger partial charge in [-0.15, -0.1) is 0 Å². The van der Waals surface area contributed by atoms with Gasteiger partial charge in [-0.05, 0) is 74.0 Å². The third kappa shape index (κ3) is 1.71. The van der Waals surface area contributed by atoms with Gasteiger partial charge in [0.25, 0.3) is 0 Å². The fourth-order valence-corrected chi connectivity index (χ4v) is 8.03. The molecule has 0 aromatic heterocycles. The molecule has 0 aromatic carbocycles. The Hall–Kier alpha value is -0.0301. The van der Waals surface area contributed by atoms with Gasteiger partial charge in [0.1, 0.15) is 0 Å². The Morgan fingerprint density at radius 3 is 1.35 bits per heavy atom. The van der Waals surface area contributed by atoms with Gasteiger partial charge in [-0.2, -0.15) is 0 Å². The van der Waals surface area contributed by atoms with Crippen molar-refractivity contribution in [2.75, 3.05) is 0 Å². The van der Waals surface area contributed by atoms with Gasteiger partial charge in [-0.25, -0.2) is 0 Å². The molecule has 6 aliphatic carbocycles. The summed E-state index contributed by atoms with van der Waals surface area (Å²) in [5.74, 6) is 2.70. The van der Waals surface area contributed by atoms with Crippen molar-refractivity contribution in [2.24, 2.45) is 34.5 Å². The molecule has 2 aliphatic heterocycles. The summed E-state index contributed by atoms with van der Waals surface area (Å²) in [4.78, 5) is 0. The van der Waals surface area contributed by atoms with E-state index in [2.05, 4.69) is 41.5 Å². The van der Waals surface area contributed by atoms with Crippen LogP contribution in [-0.2, 0) is 18.6 Å².